The third kappa shape index (κ3) is 3.93. The van der Waals surface area contributed by atoms with Gasteiger partial charge in [-0.2, -0.15) is 0 Å². The van der Waals surface area contributed by atoms with E-state index in [9.17, 15) is 0 Å². The Morgan fingerprint density at radius 1 is 1.20 bits per heavy atom. The second-order valence-corrected chi connectivity index (χ2v) is 6.26. The number of nitrogens with zero attached hydrogens (tertiary/aromatic N) is 2. The van der Waals surface area contributed by atoms with Crippen molar-refractivity contribution in [2.45, 2.75) is 39.2 Å². The van der Waals surface area contributed by atoms with Crippen LogP contribution in [0.1, 0.15) is 37.4 Å². The first-order valence-corrected chi connectivity index (χ1v) is 7.82. The first kappa shape index (κ1) is 14.8. The number of rotatable bonds is 6. The van der Waals surface area contributed by atoms with Crippen molar-refractivity contribution in [1.82, 2.24) is 9.97 Å². The Labute approximate surface area is 124 Å². The lowest BCUT2D eigenvalue weighted by atomic mass is 10.2. The van der Waals surface area contributed by atoms with Gasteiger partial charge >= 0.3 is 0 Å². The van der Waals surface area contributed by atoms with Crippen molar-refractivity contribution in [2.24, 2.45) is 0 Å². The quantitative estimate of drug-likeness (QED) is 0.851. The van der Waals surface area contributed by atoms with Crippen molar-refractivity contribution in [3.63, 3.8) is 0 Å². The van der Waals surface area contributed by atoms with Gasteiger partial charge in [-0.1, -0.05) is 19.9 Å². The minimum absolute atomic E-state index is 0.316. The molecule has 0 saturated carbocycles. The zero-order valence-electron chi connectivity index (χ0n) is 12.5. The summed E-state index contributed by atoms with van der Waals surface area (Å²) in [6.45, 7) is 6.39. The predicted octanol–water partition coefficient (Wildman–Crippen LogP) is 3.75. The zero-order valence-corrected chi connectivity index (χ0v) is 13.3. The van der Waals surface area contributed by atoms with E-state index in [-0.39, 0.29) is 0 Å². The van der Waals surface area contributed by atoms with E-state index in [0.717, 1.165) is 23.9 Å². The van der Waals surface area contributed by atoms with Crippen LogP contribution in [0.15, 0.2) is 23.6 Å². The summed E-state index contributed by atoms with van der Waals surface area (Å²) in [6, 6.07) is 6.55. The molecule has 108 valence electrons. The molecule has 1 atom stereocenters. The largest absolute Gasteiger partial charge is 0.373 e. The maximum atomic E-state index is 4.59. The molecule has 0 saturated heterocycles. The monoisotopic (exact) mass is 290 g/mol. The number of anilines is 2. The third-order valence-corrected chi connectivity index (χ3v) is 3.90. The summed E-state index contributed by atoms with van der Waals surface area (Å²) in [6.07, 6.45) is 1.01. The smallest absolute Gasteiger partial charge is 0.135 e. The Kier molecular flexibility index (Phi) is 4.95. The van der Waals surface area contributed by atoms with Gasteiger partial charge in [0.1, 0.15) is 17.5 Å². The van der Waals surface area contributed by atoms with E-state index in [1.165, 1.54) is 4.88 Å². The maximum Gasteiger partial charge on any atom is 0.135 e. The summed E-state index contributed by atoms with van der Waals surface area (Å²) < 4.78 is 0. The molecule has 1 unspecified atom stereocenters. The maximum absolute atomic E-state index is 4.59. The van der Waals surface area contributed by atoms with E-state index >= 15 is 0 Å². The van der Waals surface area contributed by atoms with Crippen molar-refractivity contribution in [2.75, 3.05) is 17.7 Å². The molecular formula is C15H22N4S. The van der Waals surface area contributed by atoms with Gasteiger partial charge in [-0.05, 0) is 18.4 Å². The van der Waals surface area contributed by atoms with Gasteiger partial charge in [0.15, 0.2) is 0 Å². The molecule has 4 nitrogen and oxygen atoms in total. The van der Waals surface area contributed by atoms with Crippen LogP contribution in [0.25, 0.3) is 0 Å². The van der Waals surface area contributed by atoms with Gasteiger partial charge in [-0.25, -0.2) is 9.97 Å². The average molecular weight is 290 g/mol. The molecule has 2 aromatic rings. The highest BCUT2D eigenvalue weighted by Crippen LogP contribution is 2.18. The number of hydrogen-bond acceptors (Lipinski definition) is 5. The number of hydrogen-bond donors (Lipinski definition) is 2. The molecule has 20 heavy (non-hydrogen) atoms. The van der Waals surface area contributed by atoms with Gasteiger partial charge in [0.25, 0.3) is 0 Å². The number of thiophene rings is 1. The molecule has 2 rings (SSSR count). The molecule has 0 aliphatic rings. The fraction of sp³-hybridized carbons (Fsp3) is 0.467. The normalized spacial score (nSPS) is 12.4. The van der Waals surface area contributed by atoms with Crippen molar-refractivity contribution in [1.29, 1.82) is 0 Å². The summed E-state index contributed by atoms with van der Waals surface area (Å²) in [5.74, 6) is 2.92. The van der Waals surface area contributed by atoms with Gasteiger partial charge in [-0.15, -0.1) is 11.3 Å². The minimum atomic E-state index is 0.316. The highest BCUT2D eigenvalue weighted by atomic mass is 32.1. The molecule has 0 spiro atoms. The predicted molar refractivity (Wildman–Crippen MR) is 86.8 cm³/mol. The van der Waals surface area contributed by atoms with Gasteiger partial charge < -0.3 is 10.6 Å². The second-order valence-electron chi connectivity index (χ2n) is 5.23. The second kappa shape index (κ2) is 6.70. The van der Waals surface area contributed by atoms with Crippen molar-refractivity contribution < 1.29 is 0 Å². The zero-order chi connectivity index (χ0) is 14.5. The van der Waals surface area contributed by atoms with Crippen LogP contribution < -0.4 is 10.6 Å². The lowest BCUT2D eigenvalue weighted by Crippen LogP contribution is -2.19. The molecular weight excluding hydrogens is 268 g/mol. The Bertz CT molecular complexity index is 537. The number of aromatic nitrogens is 2. The Balaban J connectivity index is 2.09. The molecule has 0 radical (unpaired) electrons. The SMILES string of the molecule is CNc1cc(NC(C)Cc2cccs2)nc(C(C)C)n1. The van der Waals surface area contributed by atoms with E-state index in [2.05, 4.69) is 58.9 Å². The van der Waals surface area contributed by atoms with Crippen LogP contribution >= 0.6 is 11.3 Å². The van der Waals surface area contributed by atoms with Crippen molar-refractivity contribution in [3.05, 3.63) is 34.3 Å². The molecule has 2 aromatic heterocycles. The van der Waals surface area contributed by atoms with Gasteiger partial charge in [0.05, 0.1) is 0 Å². The number of nitrogens with one attached hydrogen (secondary N) is 2. The Morgan fingerprint density at radius 3 is 2.55 bits per heavy atom. The lowest BCUT2D eigenvalue weighted by Gasteiger charge is -2.16. The highest BCUT2D eigenvalue weighted by molar-refractivity contribution is 7.09. The van der Waals surface area contributed by atoms with Crippen molar-refractivity contribution in [3.8, 4) is 0 Å². The lowest BCUT2D eigenvalue weighted by molar-refractivity contribution is 0.758. The van der Waals surface area contributed by atoms with Crippen LogP contribution in [0.2, 0.25) is 0 Å². The summed E-state index contributed by atoms with van der Waals surface area (Å²) in [4.78, 5) is 10.5. The first-order valence-electron chi connectivity index (χ1n) is 6.94. The molecule has 0 aliphatic carbocycles. The minimum Gasteiger partial charge on any atom is -0.373 e. The van der Waals surface area contributed by atoms with Crippen LogP contribution in [0.3, 0.4) is 0 Å². The van der Waals surface area contributed by atoms with Gasteiger partial charge in [-0.3, -0.25) is 0 Å². The Hall–Kier alpha value is -1.62. The van der Waals surface area contributed by atoms with E-state index in [0.29, 0.717) is 12.0 Å². The van der Waals surface area contributed by atoms with Crippen LogP contribution in [0, 0.1) is 0 Å². The highest BCUT2D eigenvalue weighted by Gasteiger charge is 2.10. The fourth-order valence-corrected chi connectivity index (χ4v) is 2.80. The van der Waals surface area contributed by atoms with Crippen LogP contribution in [0.4, 0.5) is 11.6 Å². The average Bonchev–Trinajstić information content (AvgIpc) is 2.90. The summed E-state index contributed by atoms with van der Waals surface area (Å²) in [7, 11) is 1.88. The van der Waals surface area contributed by atoms with E-state index in [1.807, 2.05) is 13.1 Å². The van der Waals surface area contributed by atoms with Crippen LogP contribution in [-0.2, 0) is 6.42 Å². The Morgan fingerprint density at radius 2 is 1.95 bits per heavy atom. The molecule has 2 heterocycles. The molecule has 2 N–H and O–H groups in total. The third-order valence-electron chi connectivity index (χ3n) is 3.00. The van der Waals surface area contributed by atoms with Gasteiger partial charge in [0.2, 0.25) is 0 Å². The van der Waals surface area contributed by atoms with E-state index in [1.54, 1.807) is 11.3 Å². The van der Waals surface area contributed by atoms with E-state index < -0.39 is 0 Å². The summed E-state index contributed by atoms with van der Waals surface area (Å²) in [5, 5.41) is 8.67. The fourth-order valence-electron chi connectivity index (χ4n) is 1.96. The molecule has 0 aliphatic heterocycles. The standard InChI is InChI=1S/C15H22N4S/c1-10(2)15-18-13(16-4)9-14(19-15)17-11(3)8-12-6-5-7-20-12/h5-7,9-11H,8H2,1-4H3,(H2,16,17,18,19). The molecule has 0 bridgehead atoms. The topological polar surface area (TPSA) is 49.8 Å². The van der Waals surface area contributed by atoms with Crippen LogP contribution in [0.5, 0.6) is 0 Å². The molecule has 0 fully saturated rings. The first-order chi connectivity index (χ1) is 9.58. The van der Waals surface area contributed by atoms with Crippen LogP contribution in [-0.4, -0.2) is 23.1 Å². The molecule has 5 heteroatoms. The summed E-state index contributed by atoms with van der Waals surface area (Å²) in [5.41, 5.74) is 0. The van der Waals surface area contributed by atoms with Gasteiger partial charge in [0, 0.05) is 36.4 Å². The molecule has 0 aromatic carbocycles. The molecule has 0 amide bonds. The van der Waals surface area contributed by atoms with Crippen molar-refractivity contribution >= 4 is 23.0 Å². The summed E-state index contributed by atoms with van der Waals surface area (Å²) >= 11 is 1.79. The van der Waals surface area contributed by atoms with E-state index in [4.69, 9.17) is 0 Å².